The average Bonchev–Trinajstić information content (AvgIpc) is 3.05. The van der Waals surface area contributed by atoms with Crippen LogP contribution in [-0.2, 0) is 21.6 Å². The Morgan fingerprint density at radius 1 is 1.36 bits per heavy atom. The number of nitrogens with one attached hydrogen (secondary N) is 1. The molecule has 2 aliphatic rings. The summed E-state index contributed by atoms with van der Waals surface area (Å²) in [6, 6.07) is -0.0893. The summed E-state index contributed by atoms with van der Waals surface area (Å²) >= 11 is 0. The van der Waals surface area contributed by atoms with Crippen LogP contribution in [0.5, 0.6) is 0 Å². The first kappa shape index (κ1) is 17.7. The van der Waals surface area contributed by atoms with Crippen LogP contribution >= 0.6 is 0 Å². The van der Waals surface area contributed by atoms with E-state index in [2.05, 4.69) is 15.4 Å². The Morgan fingerprint density at radius 3 is 2.64 bits per heavy atom. The van der Waals surface area contributed by atoms with Crippen molar-refractivity contribution < 1.29 is 14.3 Å². The molecule has 1 saturated carbocycles. The molecule has 0 unspecified atom stereocenters. The van der Waals surface area contributed by atoms with E-state index >= 15 is 0 Å². The molecule has 1 saturated heterocycles. The highest BCUT2D eigenvalue weighted by Gasteiger charge is 2.59. The van der Waals surface area contributed by atoms with Crippen LogP contribution in [0.2, 0.25) is 0 Å². The number of methoxy groups -OCH3 is 1. The Labute approximate surface area is 147 Å². The van der Waals surface area contributed by atoms with Crippen LogP contribution in [0.25, 0.3) is 0 Å². The molecule has 2 heterocycles. The van der Waals surface area contributed by atoms with E-state index in [9.17, 15) is 9.59 Å². The lowest BCUT2D eigenvalue weighted by Gasteiger charge is -2.32. The lowest BCUT2D eigenvalue weighted by molar-refractivity contribution is -0.143. The van der Waals surface area contributed by atoms with Gasteiger partial charge in [0.05, 0.1) is 25.1 Å². The lowest BCUT2D eigenvalue weighted by atomic mass is 9.91. The standard InChI is InChI=1S/C17H27N5O3/c1-16(2,3)22-13(19-11-20-22)10-18-15(24)21-7-5-17(6-8-21)9-12(17)14(23)25-4/h11-12H,5-10H2,1-4H3,(H,18,24)/t12-/m0/s1. The zero-order valence-electron chi connectivity index (χ0n) is 15.4. The van der Waals surface area contributed by atoms with Crippen LogP contribution in [-0.4, -0.2) is 51.9 Å². The number of ether oxygens (including phenoxy) is 1. The fraction of sp³-hybridized carbons (Fsp3) is 0.765. The number of esters is 1. The topological polar surface area (TPSA) is 89.3 Å². The number of piperidine rings is 1. The smallest absolute Gasteiger partial charge is 0.317 e. The largest absolute Gasteiger partial charge is 0.469 e. The van der Waals surface area contributed by atoms with E-state index in [4.69, 9.17) is 4.74 Å². The van der Waals surface area contributed by atoms with E-state index < -0.39 is 0 Å². The van der Waals surface area contributed by atoms with Crippen LogP contribution in [0.15, 0.2) is 6.33 Å². The molecule has 0 aromatic carbocycles. The summed E-state index contributed by atoms with van der Waals surface area (Å²) < 4.78 is 6.67. The fourth-order valence-electron chi connectivity index (χ4n) is 3.74. The normalized spacial score (nSPS) is 21.9. The summed E-state index contributed by atoms with van der Waals surface area (Å²) in [4.78, 5) is 30.2. The molecule has 1 aromatic rings. The molecule has 1 atom stereocenters. The minimum absolute atomic E-state index is 0.0213. The van der Waals surface area contributed by atoms with Gasteiger partial charge in [-0.15, -0.1) is 0 Å². The van der Waals surface area contributed by atoms with E-state index in [1.807, 2.05) is 30.4 Å². The van der Waals surface area contributed by atoms with Crippen molar-refractivity contribution in [2.45, 2.75) is 52.1 Å². The fourth-order valence-corrected chi connectivity index (χ4v) is 3.74. The van der Waals surface area contributed by atoms with Gasteiger partial charge in [0.15, 0.2) is 0 Å². The average molecular weight is 349 g/mol. The summed E-state index contributed by atoms with van der Waals surface area (Å²) in [6.07, 6.45) is 4.12. The van der Waals surface area contributed by atoms with Gasteiger partial charge in [0.25, 0.3) is 0 Å². The maximum Gasteiger partial charge on any atom is 0.317 e. The van der Waals surface area contributed by atoms with E-state index in [0.29, 0.717) is 19.6 Å². The van der Waals surface area contributed by atoms with Gasteiger partial charge >= 0.3 is 12.0 Å². The molecule has 1 aliphatic heterocycles. The number of carbonyl (C=O) groups is 2. The maximum absolute atomic E-state index is 12.4. The quantitative estimate of drug-likeness (QED) is 0.836. The molecule has 1 aromatic heterocycles. The van der Waals surface area contributed by atoms with Crippen molar-refractivity contribution in [3.8, 4) is 0 Å². The molecular formula is C17H27N5O3. The minimum atomic E-state index is -0.178. The van der Waals surface area contributed by atoms with E-state index in [1.54, 1.807) is 0 Å². The van der Waals surface area contributed by atoms with Crippen molar-refractivity contribution in [3.63, 3.8) is 0 Å². The van der Waals surface area contributed by atoms with Gasteiger partial charge in [-0.25, -0.2) is 14.5 Å². The molecule has 1 aliphatic carbocycles. The second-order valence-corrected chi connectivity index (χ2v) is 8.05. The lowest BCUT2D eigenvalue weighted by Crippen LogP contribution is -2.45. The van der Waals surface area contributed by atoms with Crippen LogP contribution in [0, 0.1) is 11.3 Å². The van der Waals surface area contributed by atoms with E-state index in [1.165, 1.54) is 13.4 Å². The van der Waals surface area contributed by atoms with Gasteiger partial charge in [-0.2, -0.15) is 5.10 Å². The first-order valence-electron chi connectivity index (χ1n) is 8.77. The SMILES string of the molecule is COC(=O)[C@@H]1CC12CCN(C(=O)NCc1ncnn1C(C)(C)C)CC2. The Balaban J connectivity index is 1.50. The summed E-state index contributed by atoms with van der Waals surface area (Å²) in [6.45, 7) is 7.83. The molecule has 2 amide bonds. The molecule has 8 heteroatoms. The highest BCUT2D eigenvalue weighted by atomic mass is 16.5. The molecule has 1 N–H and O–H groups in total. The summed E-state index contributed by atoms with van der Waals surface area (Å²) in [5.41, 5.74) is -0.112. The second kappa shape index (κ2) is 6.31. The molecular weight excluding hydrogens is 322 g/mol. The maximum atomic E-state index is 12.4. The molecule has 2 fully saturated rings. The van der Waals surface area contributed by atoms with Crippen molar-refractivity contribution in [2.24, 2.45) is 11.3 Å². The van der Waals surface area contributed by atoms with Gasteiger partial charge in [0, 0.05) is 13.1 Å². The monoisotopic (exact) mass is 349 g/mol. The number of aromatic nitrogens is 3. The van der Waals surface area contributed by atoms with Crippen LogP contribution in [0.3, 0.4) is 0 Å². The third kappa shape index (κ3) is 3.48. The predicted molar refractivity (Wildman–Crippen MR) is 90.6 cm³/mol. The van der Waals surface area contributed by atoms with Crippen molar-refractivity contribution in [1.82, 2.24) is 25.0 Å². The number of nitrogens with zero attached hydrogens (tertiary/aromatic N) is 4. The third-order valence-electron chi connectivity index (χ3n) is 5.37. The molecule has 3 rings (SSSR count). The number of hydrogen-bond donors (Lipinski definition) is 1. The number of urea groups is 1. The predicted octanol–water partition coefficient (Wildman–Crippen LogP) is 1.52. The number of likely N-dealkylation sites (tertiary alicyclic amines) is 1. The first-order valence-corrected chi connectivity index (χ1v) is 8.77. The Kier molecular flexibility index (Phi) is 4.47. The van der Waals surface area contributed by atoms with Gasteiger partial charge in [0.1, 0.15) is 12.2 Å². The summed E-state index contributed by atoms with van der Waals surface area (Å²) in [5, 5.41) is 7.17. The van der Waals surface area contributed by atoms with Gasteiger partial charge in [-0.1, -0.05) is 0 Å². The highest BCUT2D eigenvalue weighted by Crippen LogP contribution is 2.59. The summed E-state index contributed by atoms with van der Waals surface area (Å²) in [7, 11) is 1.44. The zero-order chi connectivity index (χ0) is 18.2. The van der Waals surface area contributed by atoms with Gasteiger partial charge in [-0.05, 0) is 45.4 Å². The molecule has 138 valence electrons. The Morgan fingerprint density at radius 2 is 2.04 bits per heavy atom. The number of amides is 2. The third-order valence-corrected chi connectivity index (χ3v) is 5.37. The second-order valence-electron chi connectivity index (χ2n) is 8.05. The molecule has 1 spiro atoms. The van der Waals surface area contributed by atoms with Crippen molar-refractivity contribution in [2.75, 3.05) is 20.2 Å². The van der Waals surface area contributed by atoms with E-state index in [-0.39, 0.29) is 28.9 Å². The number of carbonyl (C=O) groups excluding carboxylic acids is 2. The van der Waals surface area contributed by atoms with Crippen LogP contribution in [0.4, 0.5) is 4.79 Å². The summed E-state index contributed by atoms with van der Waals surface area (Å²) in [5.74, 6) is 0.648. The molecule has 8 nitrogen and oxygen atoms in total. The molecule has 0 bridgehead atoms. The van der Waals surface area contributed by atoms with Gasteiger partial charge < -0.3 is 15.0 Å². The van der Waals surface area contributed by atoms with Crippen LogP contribution < -0.4 is 5.32 Å². The first-order chi connectivity index (χ1) is 11.8. The molecule has 0 radical (unpaired) electrons. The minimum Gasteiger partial charge on any atom is -0.469 e. The van der Waals surface area contributed by atoms with E-state index in [0.717, 1.165) is 25.1 Å². The van der Waals surface area contributed by atoms with Gasteiger partial charge in [-0.3, -0.25) is 4.79 Å². The highest BCUT2D eigenvalue weighted by molar-refractivity contribution is 5.77. The number of hydrogen-bond acceptors (Lipinski definition) is 5. The van der Waals surface area contributed by atoms with Crippen molar-refractivity contribution in [1.29, 1.82) is 0 Å². The van der Waals surface area contributed by atoms with Crippen molar-refractivity contribution >= 4 is 12.0 Å². The Bertz CT molecular complexity index is 655. The van der Waals surface area contributed by atoms with Crippen molar-refractivity contribution in [3.05, 3.63) is 12.2 Å². The molecule has 25 heavy (non-hydrogen) atoms. The van der Waals surface area contributed by atoms with Gasteiger partial charge in [0.2, 0.25) is 0 Å². The van der Waals surface area contributed by atoms with Crippen LogP contribution in [0.1, 0.15) is 45.9 Å². The Hall–Kier alpha value is -2.12. The zero-order valence-corrected chi connectivity index (χ0v) is 15.4. The number of rotatable bonds is 3.